The van der Waals surface area contributed by atoms with Crippen LogP contribution < -0.4 is 5.32 Å². The van der Waals surface area contributed by atoms with Gasteiger partial charge < -0.3 is 15.2 Å². The van der Waals surface area contributed by atoms with Crippen LogP contribution in [0, 0.1) is 0 Å². The fraction of sp³-hybridized carbons (Fsp3) is 0.353. The molecule has 2 aliphatic rings. The van der Waals surface area contributed by atoms with Gasteiger partial charge in [-0.15, -0.1) is 11.8 Å². The Labute approximate surface area is 162 Å². The first-order chi connectivity index (χ1) is 12.8. The third-order valence-corrected chi connectivity index (χ3v) is 7.12. The number of rotatable bonds is 6. The monoisotopic (exact) mass is 410 g/mol. The number of aliphatic carboxylic acids is 1. The minimum Gasteiger partial charge on any atom is -0.477 e. The molecule has 8 nitrogen and oxygen atoms in total. The molecule has 3 atom stereocenters. The molecule has 2 aliphatic heterocycles. The highest BCUT2D eigenvalue weighted by atomic mass is 32.2. The lowest BCUT2D eigenvalue weighted by Crippen LogP contribution is -2.80. The average Bonchev–Trinajstić information content (AvgIpc) is 2.65. The van der Waals surface area contributed by atoms with Gasteiger partial charge in [0, 0.05) is 17.8 Å². The van der Waals surface area contributed by atoms with E-state index >= 15 is 0 Å². The fourth-order valence-electron chi connectivity index (χ4n) is 3.05. The van der Waals surface area contributed by atoms with Crippen molar-refractivity contribution in [2.24, 2.45) is 0 Å². The van der Waals surface area contributed by atoms with Crippen LogP contribution in [-0.4, -0.2) is 61.7 Å². The summed E-state index contributed by atoms with van der Waals surface area (Å²) in [6.07, 6.45) is 0. The first kappa shape index (κ1) is 19.6. The Balaban J connectivity index is 1.76. The van der Waals surface area contributed by atoms with E-state index in [9.17, 15) is 23.7 Å². The number of nitrogens with one attached hydrogen (secondary N) is 1. The van der Waals surface area contributed by atoms with Gasteiger partial charge in [0.2, 0.25) is 5.91 Å². The molecule has 0 radical (unpaired) electrons. The van der Waals surface area contributed by atoms with E-state index in [0.29, 0.717) is 16.2 Å². The van der Waals surface area contributed by atoms with E-state index in [1.807, 2.05) is 0 Å². The molecule has 1 saturated heterocycles. The molecule has 1 aromatic carbocycles. The number of hydrogen-bond donors (Lipinski definition) is 2. The van der Waals surface area contributed by atoms with Crippen LogP contribution in [-0.2, 0) is 29.9 Å². The number of nitrogens with zero attached hydrogens (tertiary/aromatic N) is 1. The lowest BCUT2D eigenvalue weighted by atomic mass is 9.98. The number of thioether (sulfide) groups is 1. The molecule has 3 rings (SSSR count). The van der Waals surface area contributed by atoms with Gasteiger partial charge in [0.1, 0.15) is 16.8 Å². The van der Waals surface area contributed by atoms with Crippen molar-refractivity contribution in [2.75, 3.05) is 18.6 Å². The van der Waals surface area contributed by atoms with Crippen molar-refractivity contribution in [3.8, 4) is 0 Å². The normalized spacial score (nSPS) is 25.5. The standard InChI is InChI=1S/C17H18N2O6S2/c1-10-8-26-16-17(25-2,15(23)19(16)13(10)14(21)22)18-12(20)9-27(24)11-6-4-3-5-7-11/h3-7,16H,8-9H2,1-2H3,(H,18,20)(H,21,22)/t16-,17-,27?/m0/s1. The number of carboxylic acids is 1. The molecule has 27 heavy (non-hydrogen) atoms. The number of carbonyl (C=O) groups is 3. The van der Waals surface area contributed by atoms with Crippen molar-refractivity contribution in [3.05, 3.63) is 41.6 Å². The molecule has 0 aliphatic carbocycles. The van der Waals surface area contributed by atoms with Gasteiger partial charge in [-0.3, -0.25) is 18.7 Å². The van der Waals surface area contributed by atoms with E-state index in [1.54, 1.807) is 37.3 Å². The van der Waals surface area contributed by atoms with Gasteiger partial charge in [-0.1, -0.05) is 18.2 Å². The van der Waals surface area contributed by atoms with Crippen LogP contribution in [0.1, 0.15) is 6.92 Å². The number of methoxy groups -OCH3 is 1. The quantitative estimate of drug-likeness (QED) is 0.519. The van der Waals surface area contributed by atoms with Crippen LogP contribution in [0.3, 0.4) is 0 Å². The van der Waals surface area contributed by atoms with Crippen molar-refractivity contribution in [1.82, 2.24) is 10.2 Å². The first-order valence-electron chi connectivity index (χ1n) is 7.99. The maximum absolute atomic E-state index is 12.7. The van der Waals surface area contributed by atoms with Crippen LogP contribution in [0.4, 0.5) is 0 Å². The van der Waals surface area contributed by atoms with Crippen LogP contribution in [0.15, 0.2) is 46.5 Å². The molecule has 1 unspecified atom stereocenters. The molecule has 0 saturated carbocycles. The van der Waals surface area contributed by atoms with Gasteiger partial charge in [-0.2, -0.15) is 0 Å². The second-order valence-corrected chi connectivity index (χ2v) is 8.58. The van der Waals surface area contributed by atoms with Crippen LogP contribution >= 0.6 is 11.8 Å². The Kier molecular flexibility index (Phi) is 5.41. The summed E-state index contributed by atoms with van der Waals surface area (Å²) in [7, 11) is -0.298. The van der Waals surface area contributed by atoms with E-state index in [4.69, 9.17) is 4.74 Å². The van der Waals surface area contributed by atoms with Gasteiger partial charge >= 0.3 is 5.97 Å². The Bertz CT molecular complexity index is 856. The third-order valence-electron chi connectivity index (χ3n) is 4.34. The number of carbonyl (C=O) groups excluding carboxylic acids is 2. The lowest BCUT2D eigenvalue weighted by molar-refractivity contribution is -0.192. The number of fused-ring (bicyclic) bond motifs is 1. The SMILES string of the molecule is CO[C@@]1(NC(=O)CS(=O)c2ccccc2)C(=O)N2C(C(=O)O)=C(C)CS[C@H]21. The van der Waals surface area contributed by atoms with E-state index in [0.717, 1.165) is 4.90 Å². The summed E-state index contributed by atoms with van der Waals surface area (Å²) in [6.45, 7) is 1.65. The van der Waals surface area contributed by atoms with E-state index in [-0.39, 0.29) is 11.4 Å². The highest BCUT2D eigenvalue weighted by Gasteiger charge is 2.66. The summed E-state index contributed by atoms with van der Waals surface area (Å²) in [5.74, 6) is -2.41. The van der Waals surface area contributed by atoms with Crippen molar-refractivity contribution < 1.29 is 28.4 Å². The number of β-lactam (4-membered cyclic amide) rings is 1. The minimum atomic E-state index is -1.66. The summed E-state index contributed by atoms with van der Waals surface area (Å²) >= 11 is 1.30. The molecular formula is C17H18N2O6S2. The average molecular weight is 410 g/mol. The maximum atomic E-state index is 12.7. The third kappa shape index (κ3) is 3.28. The molecule has 10 heteroatoms. The van der Waals surface area contributed by atoms with Crippen LogP contribution in [0.5, 0.6) is 0 Å². The summed E-state index contributed by atoms with van der Waals surface area (Å²) in [5, 5.41) is 11.2. The second-order valence-electron chi connectivity index (χ2n) is 6.06. The fourth-order valence-corrected chi connectivity index (χ4v) is 5.38. The number of benzene rings is 1. The molecule has 2 amide bonds. The molecular weight excluding hydrogens is 392 g/mol. The number of carboxylic acid groups (broad SMARTS) is 1. The molecule has 1 aromatic rings. The zero-order valence-corrected chi connectivity index (χ0v) is 16.3. The van der Waals surface area contributed by atoms with Gasteiger partial charge in [0.05, 0.1) is 10.8 Å². The first-order valence-corrected chi connectivity index (χ1v) is 10.4. The molecule has 144 valence electrons. The van der Waals surface area contributed by atoms with Gasteiger partial charge in [-0.05, 0) is 24.6 Å². The van der Waals surface area contributed by atoms with E-state index in [2.05, 4.69) is 5.32 Å². The van der Waals surface area contributed by atoms with Crippen LogP contribution in [0.25, 0.3) is 0 Å². The molecule has 2 heterocycles. The van der Waals surface area contributed by atoms with Crippen molar-refractivity contribution >= 4 is 40.3 Å². The maximum Gasteiger partial charge on any atom is 0.352 e. The van der Waals surface area contributed by atoms with Gasteiger partial charge in [0.15, 0.2) is 0 Å². The highest BCUT2D eigenvalue weighted by molar-refractivity contribution is 8.00. The summed E-state index contributed by atoms with van der Waals surface area (Å²) in [5.41, 5.74) is -1.18. The Morgan fingerprint density at radius 3 is 2.67 bits per heavy atom. The zero-order chi connectivity index (χ0) is 19.8. The van der Waals surface area contributed by atoms with Crippen molar-refractivity contribution in [1.29, 1.82) is 0 Å². The summed E-state index contributed by atoms with van der Waals surface area (Å²) < 4.78 is 17.6. The molecule has 0 aromatic heterocycles. The van der Waals surface area contributed by atoms with Crippen molar-refractivity contribution in [3.63, 3.8) is 0 Å². The summed E-state index contributed by atoms with van der Waals surface area (Å²) in [6, 6.07) is 8.51. The number of hydrogen-bond acceptors (Lipinski definition) is 6. The molecule has 2 N–H and O–H groups in total. The Hall–Kier alpha value is -2.17. The lowest BCUT2D eigenvalue weighted by Gasteiger charge is -2.55. The van der Waals surface area contributed by atoms with E-state index in [1.165, 1.54) is 18.9 Å². The minimum absolute atomic E-state index is 0.0847. The van der Waals surface area contributed by atoms with Gasteiger partial charge in [-0.25, -0.2) is 4.79 Å². The molecule has 1 fully saturated rings. The zero-order valence-electron chi connectivity index (χ0n) is 14.6. The van der Waals surface area contributed by atoms with E-state index < -0.39 is 39.7 Å². The summed E-state index contributed by atoms with van der Waals surface area (Å²) in [4.78, 5) is 38.2. The molecule has 0 spiro atoms. The Morgan fingerprint density at radius 2 is 2.07 bits per heavy atom. The largest absolute Gasteiger partial charge is 0.477 e. The predicted octanol–water partition coefficient (Wildman–Crippen LogP) is 0.527. The van der Waals surface area contributed by atoms with Gasteiger partial charge in [0.25, 0.3) is 11.6 Å². The Morgan fingerprint density at radius 1 is 1.41 bits per heavy atom. The number of amides is 2. The number of ether oxygens (including phenoxy) is 1. The predicted molar refractivity (Wildman–Crippen MR) is 99.0 cm³/mol. The topological polar surface area (TPSA) is 113 Å². The van der Waals surface area contributed by atoms with Crippen molar-refractivity contribution in [2.45, 2.75) is 22.9 Å². The smallest absolute Gasteiger partial charge is 0.352 e. The van der Waals surface area contributed by atoms with Crippen LogP contribution in [0.2, 0.25) is 0 Å². The molecule has 0 bridgehead atoms. The highest BCUT2D eigenvalue weighted by Crippen LogP contribution is 2.46. The second kappa shape index (κ2) is 7.45.